The van der Waals surface area contributed by atoms with Gasteiger partial charge in [-0.25, -0.2) is 0 Å². The Hall–Kier alpha value is -1.67. The van der Waals surface area contributed by atoms with E-state index in [2.05, 4.69) is 10.8 Å². The van der Waals surface area contributed by atoms with Gasteiger partial charge in [-0.15, -0.1) is 0 Å². The summed E-state index contributed by atoms with van der Waals surface area (Å²) in [7, 11) is 1.42. The zero-order valence-electron chi connectivity index (χ0n) is 16.1. The number of hydroxylamine groups is 1. The second-order valence-corrected chi connectivity index (χ2v) is 7.95. The van der Waals surface area contributed by atoms with Crippen LogP contribution in [0.2, 0.25) is 5.02 Å². The monoisotopic (exact) mass is 398 g/mol. The number of benzene rings is 1. The quantitative estimate of drug-likeness (QED) is 0.687. The van der Waals surface area contributed by atoms with Crippen molar-refractivity contribution in [3.63, 3.8) is 0 Å². The maximum Gasteiger partial charge on any atom is 0.306 e. The molecule has 27 heavy (non-hydrogen) atoms. The molecule has 0 radical (unpaired) electrons. The third-order valence-corrected chi connectivity index (χ3v) is 4.32. The van der Waals surface area contributed by atoms with E-state index in [1.165, 1.54) is 7.11 Å². The Bertz CT molecular complexity index is 659. The van der Waals surface area contributed by atoms with Crippen molar-refractivity contribution in [3.05, 3.63) is 34.9 Å². The standard InChI is InChI=1S/C19H27ClN2O5/c1-18(2,3)26-16(23)10-9-15-11-19(25-4,27-22-15)17(24)21-12-13-5-7-14(20)8-6-13/h5-8,15,22H,9-12H2,1-4H3,(H,21,24)/t15-,19+/m0/s1. The molecule has 1 amide bonds. The van der Waals surface area contributed by atoms with Crippen molar-refractivity contribution in [2.24, 2.45) is 0 Å². The van der Waals surface area contributed by atoms with Crippen LogP contribution in [0.4, 0.5) is 0 Å². The third-order valence-electron chi connectivity index (χ3n) is 4.06. The number of ether oxygens (including phenoxy) is 2. The van der Waals surface area contributed by atoms with E-state index in [-0.39, 0.29) is 24.3 Å². The fourth-order valence-corrected chi connectivity index (χ4v) is 2.83. The Morgan fingerprint density at radius 2 is 2.00 bits per heavy atom. The molecule has 2 atom stereocenters. The lowest BCUT2D eigenvalue weighted by Gasteiger charge is -2.24. The molecule has 2 N–H and O–H groups in total. The Morgan fingerprint density at radius 3 is 2.59 bits per heavy atom. The Kier molecular flexibility index (Phi) is 7.22. The summed E-state index contributed by atoms with van der Waals surface area (Å²) in [5.41, 5.74) is 3.18. The summed E-state index contributed by atoms with van der Waals surface area (Å²) in [5.74, 6) is -2.09. The van der Waals surface area contributed by atoms with Crippen LogP contribution in [0, 0.1) is 0 Å². The van der Waals surface area contributed by atoms with Gasteiger partial charge in [-0.3, -0.25) is 14.4 Å². The topological polar surface area (TPSA) is 85.9 Å². The summed E-state index contributed by atoms with van der Waals surface area (Å²) in [4.78, 5) is 29.9. The van der Waals surface area contributed by atoms with Crippen LogP contribution in [0.25, 0.3) is 0 Å². The highest BCUT2D eigenvalue weighted by Crippen LogP contribution is 2.27. The highest BCUT2D eigenvalue weighted by Gasteiger charge is 2.48. The van der Waals surface area contributed by atoms with E-state index in [9.17, 15) is 9.59 Å². The van der Waals surface area contributed by atoms with Crippen molar-refractivity contribution in [2.75, 3.05) is 7.11 Å². The molecule has 1 fully saturated rings. The average molecular weight is 399 g/mol. The summed E-state index contributed by atoms with van der Waals surface area (Å²) in [6.45, 7) is 5.79. The number of hydrogen-bond donors (Lipinski definition) is 2. The normalized spacial score (nSPS) is 22.5. The van der Waals surface area contributed by atoms with Crippen LogP contribution in [-0.2, 0) is 30.4 Å². The largest absolute Gasteiger partial charge is 0.460 e. The maximum atomic E-state index is 12.6. The van der Waals surface area contributed by atoms with Gasteiger partial charge >= 0.3 is 5.97 Å². The van der Waals surface area contributed by atoms with Gasteiger partial charge in [0, 0.05) is 37.6 Å². The molecule has 0 aromatic heterocycles. The molecule has 150 valence electrons. The lowest BCUT2D eigenvalue weighted by molar-refractivity contribution is -0.218. The number of methoxy groups -OCH3 is 1. The molecule has 1 aliphatic rings. The van der Waals surface area contributed by atoms with Crippen molar-refractivity contribution in [2.45, 2.75) is 64.0 Å². The van der Waals surface area contributed by atoms with E-state index in [0.29, 0.717) is 24.4 Å². The highest BCUT2D eigenvalue weighted by atomic mass is 35.5. The molecule has 0 bridgehead atoms. The number of carbonyl (C=O) groups is 2. The number of esters is 1. The zero-order valence-corrected chi connectivity index (χ0v) is 16.9. The molecule has 7 nitrogen and oxygen atoms in total. The fourth-order valence-electron chi connectivity index (χ4n) is 2.71. The van der Waals surface area contributed by atoms with Crippen LogP contribution in [0.1, 0.15) is 45.6 Å². The minimum atomic E-state index is -1.43. The molecule has 1 aliphatic heterocycles. The Balaban J connectivity index is 1.85. The Labute approximate surface area is 164 Å². The summed E-state index contributed by atoms with van der Waals surface area (Å²) in [6.07, 6.45) is 0.994. The van der Waals surface area contributed by atoms with Gasteiger partial charge in [0.25, 0.3) is 11.7 Å². The molecule has 0 aliphatic carbocycles. The smallest absolute Gasteiger partial charge is 0.306 e. The van der Waals surface area contributed by atoms with E-state index in [4.69, 9.17) is 25.9 Å². The van der Waals surface area contributed by atoms with Crippen LogP contribution >= 0.6 is 11.6 Å². The number of amides is 1. The lowest BCUT2D eigenvalue weighted by atomic mass is 10.0. The van der Waals surface area contributed by atoms with Gasteiger partial charge in [0.15, 0.2) is 0 Å². The number of rotatable bonds is 7. The molecule has 1 heterocycles. The van der Waals surface area contributed by atoms with Gasteiger partial charge in [-0.2, -0.15) is 5.48 Å². The van der Waals surface area contributed by atoms with E-state index >= 15 is 0 Å². The van der Waals surface area contributed by atoms with Crippen molar-refractivity contribution >= 4 is 23.5 Å². The van der Waals surface area contributed by atoms with E-state index < -0.39 is 11.4 Å². The lowest BCUT2D eigenvalue weighted by Crippen LogP contribution is -2.48. The predicted molar refractivity (Wildman–Crippen MR) is 101 cm³/mol. The van der Waals surface area contributed by atoms with Gasteiger partial charge in [-0.05, 0) is 44.9 Å². The second-order valence-electron chi connectivity index (χ2n) is 7.51. The minimum Gasteiger partial charge on any atom is -0.460 e. The molecule has 1 aromatic rings. The average Bonchev–Trinajstić information content (AvgIpc) is 3.03. The van der Waals surface area contributed by atoms with E-state index in [0.717, 1.165) is 5.56 Å². The summed E-state index contributed by atoms with van der Waals surface area (Å²) < 4.78 is 10.6. The number of hydrogen-bond acceptors (Lipinski definition) is 6. The molecule has 0 unspecified atom stereocenters. The van der Waals surface area contributed by atoms with Gasteiger partial charge in [0.2, 0.25) is 0 Å². The maximum absolute atomic E-state index is 12.6. The molecule has 8 heteroatoms. The first kappa shape index (κ1) is 21.6. The number of nitrogens with one attached hydrogen (secondary N) is 2. The Morgan fingerprint density at radius 1 is 1.33 bits per heavy atom. The van der Waals surface area contributed by atoms with Crippen LogP contribution in [0.3, 0.4) is 0 Å². The van der Waals surface area contributed by atoms with Crippen molar-refractivity contribution < 1.29 is 23.9 Å². The number of carbonyl (C=O) groups excluding carboxylic acids is 2. The fraction of sp³-hybridized carbons (Fsp3) is 0.579. The SMILES string of the molecule is CO[C@]1(C(=O)NCc2ccc(Cl)cc2)C[C@H](CCC(=O)OC(C)(C)C)NO1. The van der Waals surface area contributed by atoms with Crippen LogP contribution in [0.15, 0.2) is 24.3 Å². The molecular weight excluding hydrogens is 372 g/mol. The second kappa shape index (κ2) is 9.01. The molecule has 2 rings (SSSR count). The first-order chi connectivity index (χ1) is 12.6. The molecule has 0 saturated carbocycles. The van der Waals surface area contributed by atoms with E-state index in [1.54, 1.807) is 12.1 Å². The van der Waals surface area contributed by atoms with Gasteiger partial charge in [-0.1, -0.05) is 23.7 Å². The molecule has 0 spiro atoms. The summed E-state index contributed by atoms with van der Waals surface area (Å²) in [6, 6.07) is 6.99. The summed E-state index contributed by atoms with van der Waals surface area (Å²) in [5, 5.41) is 3.44. The van der Waals surface area contributed by atoms with Crippen LogP contribution < -0.4 is 10.8 Å². The first-order valence-corrected chi connectivity index (χ1v) is 9.24. The molecule has 1 aromatic carbocycles. The first-order valence-electron chi connectivity index (χ1n) is 8.87. The third kappa shape index (κ3) is 6.46. The van der Waals surface area contributed by atoms with Crippen molar-refractivity contribution in [3.8, 4) is 0 Å². The van der Waals surface area contributed by atoms with Crippen molar-refractivity contribution in [1.29, 1.82) is 0 Å². The zero-order chi connectivity index (χ0) is 20.1. The minimum absolute atomic E-state index is 0.196. The van der Waals surface area contributed by atoms with Crippen LogP contribution in [-0.4, -0.2) is 36.4 Å². The van der Waals surface area contributed by atoms with Crippen molar-refractivity contribution in [1.82, 2.24) is 10.8 Å². The van der Waals surface area contributed by atoms with Gasteiger partial charge in [0.1, 0.15) is 5.60 Å². The van der Waals surface area contributed by atoms with Gasteiger partial charge < -0.3 is 14.8 Å². The molecule has 1 saturated heterocycles. The highest BCUT2D eigenvalue weighted by molar-refractivity contribution is 6.30. The summed E-state index contributed by atoms with van der Waals surface area (Å²) >= 11 is 5.86. The van der Waals surface area contributed by atoms with Crippen LogP contribution in [0.5, 0.6) is 0 Å². The van der Waals surface area contributed by atoms with Gasteiger partial charge in [0.05, 0.1) is 0 Å². The predicted octanol–water partition coefficient (Wildman–Crippen LogP) is 2.71. The number of halogens is 1. The van der Waals surface area contributed by atoms with E-state index in [1.807, 2.05) is 32.9 Å². The molecular formula is C19H27ClN2O5.